The first kappa shape index (κ1) is 13.3. The highest BCUT2D eigenvalue weighted by Gasteiger charge is 2.34. The molecule has 0 amide bonds. The second-order valence-corrected chi connectivity index (χ2v) is 6.17. The third-order valence-corrected chi connectivity index (χ3v) is 4.01. The smallest absolute Gasteiger partial charge is 0.228 e. The summed E-state index contributed by atoms with van der Waals surface area (Å²) in [6, 6.07) is 6.50. The predicted octanol–water partition coefficient (Wildman–Crippen LogP) is 2.70. The van der Waals surface area contributed by atoms with E-state index in [-0.39, 0.29) is 5.54 Å². The van der Waals surface area contributed by atoms with E-state index in [1.807, 2.05) is 0 Å². The summed E-state index contributed by atoms with van der Waals surface area (Å²) in [6.07, 6.45) is 4.74. The summed E-state index contributed by atoms with van der Waals surface area (Å²) >= 11 is 0. The molecule has 0 atom stereocenters. The van der Waals surface area contributed by atoms with Crippen molar-refractivity contribution >= 4 is 0 Å². The molecule has 0 saturated heterocycles. The van der Waals surface area contributed by atoms with E-state index >= 15 is 0 Å². The van der Waals surface area contributed by atoms with Crippen LogP contribution in [0.25, 0.3) is 0 Å². The van der Waals surface area contributed by atoms with Crippen LogP contribution in [-0.2, 0) is 12.8 Å². The van der Waals surface area contributed by atoms with Crippen molar-refractivity contribution in [2.45, 2.75) is 51.5 Å². The molecule has 0 bridgehead atoms. The van der Waals surface area contributed by atoms with Crippen molar-refractivity contribution in [3.63, 3.8) is 0 Å². The van der Waals surface area contributed by atoms with Crippen molar-refractivity contribution < 1.29 is 4.52 Å². The zero-order valence-corrected chi connectivity index (χ0v) is 12.1. The molecule has 0 spiro atoms. The van der Waals surface area contributed by atoms with E-state index < -0.39 is 0 Å². The van der Waals surface area contributed by atoms with E-state index in [1.165, 1.54) is 23.1 Å². The van der Waals surface area contributed by atoms with Gasteiger partial charge in [0.1, 0.15) is 0 Å². The zero-order chi connectivity index (χ0) is 14.2. The van der Waals surface area contributed by atoms with Gasteiger partial charge < -0.3 is 10.3 Å². The first-order valence-electron chi connectivity index (χ1n) is 7.20. The molecular formula is C16H21N3O. The van der Waals surface area contributed by atoms with Gasteiger partial charge in [0.05, 0.1) is 0 Å². The van der Waals surface area contributed by atoms with Gasteiger partial charge in [-0.1, -0.05) is 34.5 Å². The minimum Gasteiger partial charge on any atom is -0.339 e. The van der Waals surface area contributed by atoms with E-state index in [4.69, 9.17) is 10.3 Å². The van der Waals surface area contributed by atoms with Crippen molar-refractivity contribution in [3.05, 3.63) is 46.6 Å². The molecule has 0 radical (unpaired) electrons. The average Bonchev–Trinajstić information content (AvgIpc) is 2.73. The summed E-state index contributed by atoms with van der Waals surface area (Å²) in [6.45, 7) is 4.21. The predicted molar refractivity (Wildman–Crippen MR) is 77.5 cm³/mol. The van der Waals surface area contributed by atoms with Crippen LogP contribution in [0.3, 0.4) is 0 Å². The van der Waals surface area contributed by atoms with E-state index in [0.29, 0.717) is 18.7 Å². The highest BCUT2D eigenvalue weighted by atomic mass is 16.5. The fraction of sp³-hybridized carbons (Fsp3) is 0.500. The Balaban J connectivity index is 1.70. The fourth-order valence-corrected chi connectivity index (χ4v) is 2.90. The second kappa shape index (κ2) is 5.02. The van der Waals surface area contributed by atoms with E-state index in [1.54, 1.807) is 0 Å². The number of benzene rings is 1. The molecule has 1 aromatic heterocycles. The van der Waals surface area contributed by atoms with E-state index in [9.17, 15) is 0 Å². The quantitative estimate of drug-likeness (QED) is 0.928. The molecule has 2 N–H and O–H groups in total. The lowest BCUT2D eigenvalue weighted by atomic mass is 9.75. The molecule has 1 aliphatic carbocycles. The Morgan fingerprint density at radius 1 is 1.20 bits per heavy atom. The Hall–Kier alpha value is -1.68. The molecule has 1 aromatic carbocycles. The van der Waals surface area contributed by atoms with E-state index in [2.05, 4.69) is 42.2 Å². The van der Waals surface area contributed by atoms with Crippen molar-refractivity contribution in [1.82, 2.24) is 10.1 Å². The summed E-state index contributed by atoms with van der Waals surface area (Å²) < 4.78 is 5.33. The molecule has 20 heavy (non-hydrogen) atoms. The highest BCUT2D eigenvalue weighted by molar-refractivity contribution is 5.30. The molecule has 1 saturated carbocycles. The number of hydrogen-bond donors (Lipinski definition) is 1. The molecule has 0 aliphatic heterocycles. The molecule has 106 valence electrons. The Morgan fingerprint density at radius 3 is 2.50 bits per heavy atom. The molecular weight excluding hydrogens is 250 g/mol. The number of aromatic nitrogens is 2. The maximum Gasteiger partial charge on any atom is 0.228 e. The Kier molecular flexibility index (Phi) is 3.34. The van der Waals surface area contributed by atoms with Crippen molar-refractivity contribution in [3.8, 4) is 0 Å². The summed E-state index contributed by atoms with van der Waals surface area (Å²) in [7, 11) is 0. The highest BCUT2D eigenvalue weighted by Crippen LogP contribution is 2.31. The molecule has 4 heteroatoms. The number of hydrogen-bond acceptors (Lipinski definition) is 4. The Morgan fingerprint density at radius 2 is 1.90 bits per heavy atom. The van der Waals surface area contributed by atoms with Crippen LogP contribution in [-0.4, -0.2) is 15.7 Å². The summed E-state index contributed by atoms with van der Waals surface area (Å²) in [5, 5.41) is 4.07. The van der Waals surface area contributed by atoms with Gasteiger partial charge in [0.2, 0.25) is 5.89 Å². The molecule has 4 nitrogen and oxygen atoms in total. The average molecular weight is 271 g/mol. The largest absolute Gasteiger partial charge is 0.339 e. The van der Waals surface area contributed by atoms with Gasteiger partial charge in [-0.15, -0.1) is 0 Å². The van der Waals surface area contributed by atoms with Crippen LogP contribution >= 0.6 is 0 Å². The number of nitrogens with two attached hydrogens (primary N) is 1. The van der Waals surface area contributed by atoms with Gasteiger partial charge in [-0.2, -0.15) is 4.98 Å². The van der Waals surface area contributed by atoms with Crippen LogP contribution < -0.4 is 5.73 Å². The fourth-order valence-electron chi connectivity index (χ4n) is 2.90. The van der Waals surface area contributed by atoms with E-state index in [0.717, 1.165) is 18.7 Å². The monoisotopic (exact) mass is 271 g/mol. The van der Waals surface area contributed by atoms with Crippen LogP contribution in [0.5, 0.6) is 0 Å². The minimum atomic E-state index is -0.107. The third-order valence-electron chi connectivity index (χ3n) is 4.01. The van der Waals surface area contributed by atoms with Gasteiger partial charge in [-0.25, -0.2) is 0 Å². The summed E-state index contributed by atoms with van der Waals surface area (Å²) in [5.41, 5.74) is 9.85. The Bertz CT molecular complexity index is 594. The van der Waals surface area contributed by atoms with Crippen LogP contribution in [0.1, 0.15) is 47.7 Å². The second-order valence-electron chi connectivity index (χ2n) is 6.17. The minimum absolute atomic E-state index is 0.107. The SMILES string of the molecule is Cc1cc(C)cc(Cc2noc(CC3(N)CCC3)n2)c1. The van der Waals surface area contributed by atoms with Gasteiger partial charge in [-0.05, 0) is 38.7 Å². The van der Waals surface area contributed by atoms with Gasteiger partial charge in [0, 0.05) is 18.4 Å². The van der Waals surface area contributed by atoms with Crippen molar-refractivity contribution in [2.75, 3.05) is 0 Å². The molecule has 3 rings (SSSR count). The van der Waals surface area contributed by atoms with Crippen molar-refractivity contribution in [2.24, 2.45) is 5.73 Å². The number of aryl methyl sites for hydroxylation is 2. The number of rotatable bonds is 4. The lowest BCUT2D eigenvalue weighted by molar-refractivity contribution is 0.221. The summed E-state index contributed by atoms with van der Waals surface area (Å²) in [5.74, 6) is 1.42. The molecule has 0 unspecified atom stereocenters. The van der Waals surface area contributed by atoms with Gasteiger partial charge >= 0.3 is 0 Å². The normalized spacial score (nSPS) is 16.9. The molecule has 1 heterocycles. The van der Waals surface area contributed by atoms with Gasteiger partial charge in [0.25, 0.3) is 0 Å². The Labute approximate surface area is 119 Å². The lowest BCUT2D eigenvalue weighted by Crippen LogP contribution is -2.48. The first-order valence-corrected chi connectivity index (χ1v) is 7.20. The zero-order valence-electron chi connectivity index (χ0n) is 12.1. The van der Waals surface area contributed by atoms with Gasteiger partial charge in [-0.3, -0.25) is 0 Å². The molecule has 1 fully saturated rings. The molecule has 2 aromatic rings. The van der Waals surface area contributed by atoms with Crippen molar-refractivity contribution in [1.29, 1.82) is 0 Å². The first-order chi connectivity index (χ1) is 9.52. The van der Waals surface area contributed by atoms with Crippen LogP contribution in [0.4, 0.5) is 0 Å². The maximum atomic E-state index is 6.21. The van der Waals surface area contributed by atoms with Crippen LogP contribution in [0.15, 0.2) is 22.7 Å². The lowest BCUT2D eigenvalue weighted by Gasteiger charge is -2.36. The van der Waals surface area contributed by atoms with Crippen LogP contribution in [0.2, 0.25) is 0 Å². The number of nitrogens with zero attached hydrogens (tertiary/aromatic N) is 2. The van der Waals surface area contributed by atoms with Gasteiger partial charge in [0.15, 0.2) is 5.82 Å². The third kappa shape index (κ3) is 2.90. The summed E-state index contributed by atoms with van der Waals surface area (Å²) in [4.78, 5) is 4.47. The standard InChI is InChI=1S/C16H21N3O/c1-11-6-12(2)8-13(7-11)9-14-18-15(20-19-14)10-16(17)4-3-5-16/h6-8H,3-5,9-10,17H2,1-2H3. The van der Waals surface area contributed by atoms with Crippen LogP contribution in [0, 0.1) is 13.8 Å². The maximum absolute atomic E-state index is 6.21. The topological polar surface area (TPSA) is 64.9 Å². The molecule has 1 aliphatic rings.